The van der Waals surface area contributed by atoms with Crippen molar-refractivity contribution in [2.75, 3.05) is 53.5 Å². The van der Waals surface area contributed by atoms with Crippen molar-refractivity contribution < 1.29 is 28.9 Å². The lowest BCUT2D eigenvalue weighted by Gasteiger charge is -2.34. The molecule has 4 N–H and O–H groups in total. The van der Waals surface area contributed by atoms with Crippen LogP contribution in [0.4, 0.5) is 4.79 Å². The van der Waals surface area contributed by atoms with Gasteiger partial charge in [0.15, 0.2) is 6.04 Å². The Balaban J connectivity index is 1.52. The minimum atomic E-state index is -0.481. The summed E-state index contributed by atoms with van der Waals surface area (Å²) in [5.74, 6) is 1.37. The lowest BCUT2D eigenvalue weighted by atomic mass is 10.0. The van der Waals surface area contributed by atoms with Crippen molar-refractivity contribution in [2.45, 2.75) is 6.04 Å². The molecular weight excluding hydrogens is 396 g/mol. The van der Waals surface area contributed by atoms with Gasteiger partial charge in [0.1, 0.15) is 50.8 Å². The van der Waals surface area contributed by atoms with Gasteiger partial charge in [-0.25, -0.2) is 4.79 Å². The highest BCUT2D eigenvalue weighted by Crippen LogP contribution is 2.16. The molecule has 0 saturated carbocycles. The van der Waals surface area contributed by atoms with Gasteiger partial charge < -0.3 is 24.6 Å². The molecule has 2 aromatic rings. The van der Waals surface area contributed by atoms with Crippen LogP contribution in [0.1, 0.15) is 11.6 Å². The van der Waals surface area contributed by atoms with E-state index in [-0.39, 0.29) is 5.91 Å². The van der Waals surface area contributed by atoms with Crippen molar-refractivity contribution in [3.8, 4) is 11.5 Å². The van der Waals surface area contributed by atoms with E-state index in [0.717, 1.165) is 49.8 Å². The first kappa shape index (κ1) is 22.6. The summed E-state index contributed by atoms with van der Waals surface area (Å²) in [5, 5.41) is 4.90. The molecule has 2 aromatic carbocycles. The number of rotatable bonds is 8. The monoisotopic (exact) mass is 428 g/mol. The molecule has 0 radical (unpaired) electrons. The first-order chi connectivity index (χ1) is 15.1. The second-order valence-electron chi connectivity index (χ2n) is 7.59. The van der Waals surface area contributed by atoms with Gasteiger partial charge >= 0.3 is 6.03 Å². The number of ether oxygens (including phenoxy) is 2. The van der Waals surface area contributed by atoms with E-state index in [4.69, 9.17) is 9.47 Å². The minimum Gasteiger partial charge on any atom is -0.497 e. The van der Waals surface area contributed by atoms with E-state index in [2.05, 4.69) is 10.6 Å². The van der Waals surface area contributed by atoms with Gasteiger partial charge in [-0.05, 0) is 24.3 Å². The van der Waals surface area contributed by atoms with E-state index in [0.29, 0.717) is 6.61 Å². The zero-order valence-electron chi connectivity index (χ0n) is 18.1. The van der Waals surface area contributed by atoms with Crippen molar-refractivity contribution in [1.82, 2.24) is 10.6 Å². The number of methoxy groups -OCH3 is 1. The highest BCUT2D eigenvalue weighted by Gasteiger charge is 2.36. The Bertz CT molecular complexity index is 836. The first-order valence-electron chi connectivity index (χ1n) is 10.6. The van der Waals surface area contributed by atoms with Gasteiger partial charge in [0, 0.05) is 12.6 Å². The summed E-state index contributed by atoms with van der Waals surface area (Å²) >= 11 is 0. The van der Waals surface area contributed by atoms with Gasteiger partial charge in [0.05, 0.1) is 7.11 Å². The molecule has 1 aliphatic heterocycles. The SMILES string of the molecule is CNC(=O)NC(=O)[C@@H](c1ccccc1)[NH+]1CC[NH+](CCOc2ccc(OC)cc2)CC1. The summed E-state index contributed by atoms with van der Waals surface area (Å²) < 4.78 is 11.0. The molecule has 3 amide bonds. The molecule has 0 spiro atoms. The van der Waals surface area contributed by atoms with E-state index in [1.54, 1.807) is 7.11 Å². The summed E-state index contributed by atoms with van der Waals surface area (Å²) in [7, 11) is 3.15. The lowest BCUT2D eigenvalue weighted by molar-refractivity contribution is -1.02. The molecule has 8 nitrogen and oxygen atoms in total. The number of benzene rings is 2. The van der Waals surface area contributed by atoms with Crippen LogP contribution >= 0.6 is 0 Å². The molecule has 1 aliphatic rings. The number of imide groups is 1. The molecule has 1 fully saturated rings. The molecule has 31 heavy (non-hydrogen) atoms. The number of amides is 3. The van der Waals surface area contributed by atoms with E-state index in [9.17, 15) is 9.59 Å². The third-order valence-electron chi connectivity index (χ3n) is 5.65. The number of hydrogen-bond acceptors (Lipinski definition) is 4. The molecule has 0 aromatic heterocycles. The number of carbonyl (C=O) groups is 2. The number of hydrogen-bond donors (Lipinski definition) is 4. The molecule has 8 heteroatoms. The molecule has 0 unspecified atom stereocenters. The summed E-state index contributed by atoms with van der Waals surface area (Å²) in [4.78, 5) is 27.2. The minimum absolute atomic E-state index is 0.271. The molecule has 0 bridgehead atoms. The van der Waals surface area contributed by atoms with Crippen molar-refractivity contribution >= 4 is 11.9 Å². The summed E-state index contributed by atoms with van der Waals surface area (Å²) in [6.07, 6.45) is 0. The number of nitrogens with one attached hydrogen (secondary N) is 4. The maximum absolute atomic E-state index is 12.8. The predicted octanol–water partition coefficient (Wildman–Crippen LogP) is -0.946. The molecular formula is C23H32N4O4+2. The predicted molar refractivity (Wildman–Crippen MR) is 117 cm³/mol. The van der Waals surface area contributed by atoms with Gasteiger partial charge in [0.25, 0.3) is 5.91 Å². The first-order valence-corrected chi connectivity index (χ1v) is 10.6. The average Bonchev–Trinajstić information content (AvgIpc) is 2.81. The second kappa shape index (κ2) is 11.3. The fraction of sp³-hybridized carbons (Fsp3) is 0.391. The highest BCUT2D eigenvalue weighted by molar-refractivity contribution is 5.96. The van der Waals surface area contributed by atoms with Crippen LogP contribution in [-0.4, -0.2) is 65.4 Å². The third kappa shape index (κ3) is 6.44. The molecule has 1 atom stereocenters. The van der Waals surface area contributed by atoms with Crippen molar-refractivity contribution in [2.24, 2.45) is 0 Å². The summed E-state index contributed by atoms with van der Waals surface area (Å²) in [6.45, 7) is 5.11. The van der Waals surface area contributed by atoms with Crippen molar-refractivity contribution in [3.63, 3.8) is 0 Å². The lowest BCUT2D eigenvalue weighted by Crippen LogP contribution is -3.28. The Labute approximate surface area is 183 Å². The van der Waals surface area contributed by atoms with Crippen LogP contribution in [0.5, 0.6) is 11.5 Å². The fourth-order valence-electron chi connectivity index (χ4n) is 3.91. The van der Waals surface area contributed by atoms with Gasteiger partial charge in [-0.15, -0.1) is 0 Å². The van der Waals surface area contributed by atoms with Gasteiger partial charge in [-0.2, -0.15) is 0 Å². The quantitative estimate of drug-likeness (QED) is 0.437. The number of quaternary nitrogens is 2. The third-order valence-corrected chi connectivity index (χ3v) is 5.65. The van der Waals surface area contributed by atoms with Crippen LogP contribution in [0.15, 0.2) is 54.6 Å². The Morgan fingerprint density at radius 2 is 1.61 bits per heavy atom. The fourth-order valence-corrected chi connectivity index (χ4v) is 3.91. The average molecular weight is 429 g/mol. The topological polar surface area (TPSA) is 85.5 Å². The van der Waals surface area contributed by atoms with Crippen LogP contribution < -0.4 is 29.9 Å². The van der Waals surface area contributed by atoms with E-state index >= 15 is 0 Å². The molecule has 166 valence electrons. The Morgan fingerprint density at radius 3 is 2.23 bits per heavy atom. The van der Waals surface area contributed by atoms with E-state index < -0.39 is 12.1 Å². The van der Waals surface area contributed by atoms with Gasteiger partial charge in [-0.3, -0.25) is 10.1 Å². The zero-order valence-corrected chi connectivity index (χ0v) is 18.1. The van der Waals surface area contributed by atoms with Gasteiger partial charge in [-0.1, -0.05) is 30.3 Å². The normalized spacial score (nSPS) is 19.2. The zero-order chi connectivity index (χ0) is 22.1. The van der Waals surface area contributed by atoms with E-state index in [1.807, 2.05) is 54.6 Å². The van der Waals surface area contributed by atoms with Crippen LogP contribution in [0.3, 0.4) is 0 Å². The van der Waals surface area contributed by atoms with Crippen LogP contribution in [-0.2, 0) is 4.79 Å². The Morgan fingerprint density at radius 1 is 0.968 bits per heavy atom. The number of piperazine rings is 1. The van der Waals surface area contributed by atoms with Crippen LogP contribution in [0, 0.1) is 0 Å². The maximum Gasteiger partial charge on any atom is 0.321 e. The van der Waals surface area contributed by atoms with Gasteiger partial charge in [0.2, 0.25) is 0 Å². The smallest absolute Gasteiger partial charge is 0.321 e. The van der Waals surface area contributed by atoms with Crippen LogP contribution in [0.2, 0.25) is 0 Å². The Kier molecular flexibility index (Phi) is 8.26. The molecule has 3 rings (SSSR count). The van der Waals surface area contributed by atoms with Crippen LogP contribution in [0.25, 0.3) is 0 Å². The molecule has 0 aliphatic carbocycles. The maximum atomic E-state index is 12.8. The highest BCUT2D eigenvalue weighted by atomic mass is 16.5. The van der Waals surface area contributed by atoms with Crippen molar-refractivity contribution in [3.05, 3.63) is 60.2 Å². The summed E-state index contributed by atoms with van der Waals surface area (Å²) in [6, 6.07) is 16.4. The molecule has 1 saturated heterocycles. The molecule has 1 heterocycles. The van der Waals surface area contributed by atoms with Crippen molar-refractivity contribution in [1.29, 1.82) is 0 Å². The second-order valence-corrected chi connectivity index (χ2v) is 7.59. The standard InChI is InChI=1S/C23H30N4O4/c1-24-23(29)25-22(28)21(18-6-4-3-5-7-18)27-14-12-26(13-15-27)16-17-31-20-10-8-19(30-2)9-11-20/h3-11,21H,12-17H2,1-2H3,(H2,24,25,28,29)/p+2/t21-/m1/s1. The Hall–Kier alpha value is -3.10. The van der Waals surface area contributed by atoms with E-state index in [1.165, 1.54) is 16.8 Å². The number of urea groups is 1. The number of carbonyl (C=O) groups excluding carboxylic acids is 2. The largest absolute Gasteiger partial charge is 0.497 e. The summed E-state index contributed by atoms with van der Waals surface area (Å²) in [5.41, 5.74) is 0.921.